The summed E-state index contributed by atoms with van der Waals surface area (Å²) < 4.78 is 37.6. The standard InChI is InChI=1S/C18H27N3O5S/c1-25-17-5-4-15(27(23,24)21-7-2-3-8-21)14-16(17)18(22)19-6-9-20-10-12-26-13-11-20/h4-5,14H,2-3,6-13H2,1H3,(H,19,22). The molecule has 0 saturated carbocycles. The Hall–Kier alpha value is -1.68. The van der Waals surface area contributed by atoms with E-state index in [9.17, 15) is 13.2 Å². The molecule has 0 spiro atoms. The van der Waals surface area contributed by atoms with Crippen LogP contribution < -0.4 is 10.1 Å². The zero-order valence-corrected chi connectivity index (χ0v) is 16.5. The summed E-state index contributed by atoms with van der Waals surface area (Å²) in [6.07, 6.45) is 1.73. The number of carbonyl (C=O) groups excluding carboxylic acids is 1. The minimum Gasteiger partial charge on any atom is -0.496 e. The van der Waals surface area contributed by atoms with Crippen molar-refractivity contribution in [3.8, 4) is 5.75 Å². The molecule has 1 amide bonds. The Balaban J connectivity index is 1.70. The second-order valence-electron chi connectivity index (χ2n) is 6.68. The molecule has 0 aliphatic carbocycles. The zero-order chi connectivity index (χ0) is 19.3. The van der Waals surface area contributed by atoms with Gasteiger partial charge in [0.1, 0.15) is 5.75 Å². The van der Waals surface area contributed by atoms with E-state index in [1.165, 1.54) is 23.5 Å². The average Bonchev–Trinajstić information content (AvgIpc) is 3.24. The molecular formula is C18H27N3O5S. The number of benzene rings is 1. The summed E-state index contributed by atoms with van der Waals surface area (Å²) in [7, 11) is -2.11. The van der Waals surface area contributed by atoms with Crippen LogP contribution in [0.4, 0.5) is 0 Å². The van der Waals surface area contributed by atoms with Gasteiger partial charge >= 0.3 is 0 Å². The van der Waals surface area contributed by atoms with Gasteiger partial charge < -0.3 is 14.8 Å². The van der Waals surface area contributed by atoms with Crippen LogP contribution in [0.5, 0.6) is 5.75 Å². The molecule has 0 unspecified atom stereocenters. The van der Waals surface area contributed by atoms with Gasteiger partial charge in [0.25, 0.3) is 5.91 Å². The largest absolute Gasteiger partial charge is 0.496 e. The van der Waals surface area contributed by atoms with E-state index in [-0.39, 0.29) is 16.4 Å². The van der Waals surface area contributed by atoms with E-state index in [1.807, 2.05) is 0 Å². The van der Waals surface area contributed by atoms with Crippen molar-refractivity contribution < 1.29 is 22.7 Å². The van der Waals surface area contributed by atoms with Crippen LogP contribution in [-0.2, 0) is 14.8 Å². The average molecular weight is 397 g/mol. The molecule has 1 N–H and O–H groups in total. The molecule has 0 aromatic heterocycles. The lowest BCUT2D eigenvalue weighted by atomic mass is 10.2. The summed E-state index contributed by atoms with van der Waals surface area (Å²) in [5, 5.41) is 2.86. The van der Waals surface area contributed by atoms with Gasteiger partial charge in [-0.05, 0) is 31.0 Å². The van der Waals surface area contributed by atoms with Crippen LogP contribution in [0.25, 0.3) is 0 Å². The Kier molecular flexibility index (Phi) is 6.69. The number of carbonyl (C=O) groups is 1. The minimum absolute atomic E-state index is 0.128. The van der Waals surface area contributed by atoms with Crippen LogP contribution in [0.2, 0.25) is 0 Å². The fourth-order valence-electron chi connectivity index (χ4n) is 3.35. The lowest BCUT2D eigenvalue weighted by Crippen LogP contribution is -2.41. The van der Waals surface area contributed by atoms with E-state index in [1.54, 1.807) is 6.07 Å². The first-order valence-corrected chi connectivity index (χ1v) is 10.7. The van der Waals surface area contributed by atoms with Gasteiger partial charge in [-0.15, -0.1) is 0 Å². The van der Waals surface area contributed by atoms with Gasteiger partial charge in [0, 0.05) is 39.3 Å². The SMILES string of the molecule is COc1ccc(S(=O)(=O)N2CCCC2)cc1C(=O)NCCN1CCOCC1. The molecule has 8 nitrogen and oxygen atoms in total. The number of hydrogen-bond acceptors (Lipinski definition) is 6. The summed E-state index contributed by atoms with van der Waals surface area (Å²) in [5.74, 6) is 0.0258. The van der Waals surface area contributed by atoms with Crippen molar-refractivity contribution in [1.29, 1.82) is 0 Å². The minimum atomic E-state index is -3.58. The Morgan fingerprint density at radius 1 is 1.19 bits per heavy atom. The van der Waals surface area contributed by atoms with Gasteiger partial charge in [0.05, 0.1) is 30.8 Å². The number of sulfonamides is 1. The molecular weight excluding hydrogens is 370 g/mol. The highest BCUT2D eigenvalue weighted by Gasteiger charge is 2.28. The Bertz CT molecular complexity index is 756. The van der Waals surface area contributed by atoms with E-state index in [4.69, 9.17) is 9.47 Å². The molecule has 0 bridgehead atoms. The van der Waals surface area contributed by atoms with Crippen molar-refractivity contribution in [3.05, 3.63) is 23.8 Å². The molecule has 0 radical (unpaired) electrons. The molecule has 0 atom stereocenters. The lowest BCUT2D eigenvalue weighted by molar-refractivity contribution is 0.0383. The molecule has 2 fully saturated rings. The van der Waals surface area contributed by atoms with Crippen molar-refractivity contribution in [2.75, 3.05) is 59.6 Å². The van der Waals surface area contributed by atoms with E-state index in [2.05, 4.69) is 10.2 Å². The first-order chi connectivity index (χ1) is 13.0. The molecule has 1 aromatic carbocycles. The third-order valence-corrected chi connectivity index (χ3v) is 6.83. The van der Waals surface area contributed by atoms with E-state index < -0.39 is 10.0 Å². The Morgan fingerprint density at radius 3 is 2.56 bits per heavy atom. The monoisotopic (exact) mass is 397 g/mol. The van der Waals surface area contributed by atoms with Crippen LogP contribution in [0, 0.1) is 0 Å². The Labute approximate surface area is 160 Å². The zero-order valence-electron chi connectivity index (χ0n) is 15.6. The summed E-state index contributed by atoms with van der Waals surface area (Å²) in [6, 6.07) is 4.45. The number of hydrogen-bond donors (Lipinski definition) is 1. The maximum Gasteiger partial charge on any atom is 0.255 e. The predicted octanol–water partition coefficient (Wildman–Crippen LogP) is 0.542. The normalized spacial score (nSPS) is 19.1. The highest BCUT2D eigenvalue weighted by atomic mass is 32.2. The van der Waals surface area contributed by atoms with Gasteiger partial charge in [0.2, 0.25) is 10.0 Å². The highest BCUT2D eigenvalue weighted by Crippen LogP contribution is 2.26. The topological polar surface area (TPSA) is 88.2 Å². The first-order valence-electron chi connectivity index (χ1n) is 9.29. The van der Waals surface area contributed by atoms with Gasteiger partial charge in [-0.25, -0.2) is 8.42 Å². The number of rotatable bonds is 7. The van der Waals surface area contributed by atoms with Gasteiger partial charge in [-0.3, -0.25) is 9.69 Å². The number of methoxy groups -OCH3 is 1. The number of ether oxygens (including phenoxy) is 2. The fraction of sp³-hybridized carbons (Fsp3) is 0.611. The number of amides is 1. The van der Waals surface area contributed by atoms with Crippen LogP contribution in [0.15, 0.2) is 23.1 Å². The summed E-state index contributed by atoms with van der Waals surface area (Å²) >= 11 is 0. The number of nitrogens with zero attached hydrogens (tertiary/aromatic N) is 2. The molecule has 2 aliphatic rings. The van der Waals surface area contributed by atoms with Crippen LogP contribution in [0.3, 0.4) is 0 Å². The van der Waals surface area contributed by atoms with E-state index in [0.29, 0.717) is 38.6 Å². The third kappa shape index (κ3) is 4.78. The smallest absolute Gasteiger partial charge is 0.255 e. The van der Waals surface area contributed by atoms with Gasteiger partial charge in [-0.1, -0.05) is 0 Å². The molecule has 27 heavy (non-hydrogen) atoms. The van der Waals surface area contributed by atoms with Gasteiger partial charge in [-0.2, -0.15) is 4.31 Å². The predicted molar refractivity (Wildman–Crippen MR) is 101 cm³/mol. The van der Waals surface area contributed by atoms with Crippen molar-refractivity contribution in [2.45, 2.75) is 17.7 Å². The second-order valence-corrected chi connectivity index (χ2v) is 8.62. The van der Waals surface area contributed by atoms with Crippen LogP contribution in [-0.4, -0.2) is 83.1 Å². The lowest BCUT2D eigenvalue weighted by Gasteiger charge is -2.26. The van der Waals surface area contributed by atoms with Crippen LogP contribution in [0.1, 0.15) is 23.2 Å². The van der Waals surface area contributed by atoms with E-state index in [0.717, 1.165) is 32.5 Å². The van der Waals surface area contributed by atoms with E-state index >= 15 is 0 Å². The molecule has 150 valence electrons. The maximum atomic E-state index is 12.8. The highest BCUT2D eigenvalue weighted by molar-refractivity contribution is 7.89. The van der Waals surface area contributed by atoms with Crippen molar-refractivity contribution in [3.63, 3.8) is 0 Å². The summed E-state index contributed by atoms with van der Waals surface area (Å²) in [6.45, 7) is 5.36. The molecule has 9 heteroatoms. The van der Waals surface area contributed by atoms with Crippen molar-refractivity contribution >= 4 is 15.9 Å². The quantitative estimate of drug-likeness (QED) is 0.723. The Morgan fingerprint density at radius 2 is 1.89 bits per heavy atom. The second kappa shape index (κ2) is 9.01. The molecule has 1 aromatic rings. The molecule has 2 saturated heterocycles. The van der Waals surface area contributed by atoms with Crippen LogP contribution >= 0.6 is 0 Å². The van der Waals surface area contributed by atoms with Gasteiger partial charge in [0.15, 0.2) is 0 Å². The van der Waals surface area contributed by atoms with Crippen molar-refractivity contribution in [2.24, 2.45) is 0 Å². The summed E-state index contributed by atoms with van der Waals surface area (Å²) in [5.41, 5.74) is 0.236. The third-order valence-electron chi connectivity index (χ3n) is 4.94. The number of nitrogens with one attached hydrogen (secondary N) is 1. The molecule has 2 heterocycles. The van der Waals surface area contributed by atoms with Crippen molar-refractivity contribution in [1.82, 2.24) is 14.5 Å². The molecule has 3 rings (SSSR count). The molecule has 2 aliphatic heterocycles. The maximum absolute atomic E-state index is 12.8. The fourth-order valence-corrected chi connectivity index (χ4v) is 4.89. The number of morpholine rings is 1. The first kappa shape index (κ1) is 20.1. The summed E-state index contributed by atoms with van der Waals surface area (Å²) in [4.78, 5) is 15.0.